The van der Waals surface area contributed by atoms with Crippen molar-refractivity contribution in [2.24, 2.45) is 0 Å². The molecule has 4 aromatic rings. The molecular formula is C18H14N4O2. The Hall–Kier alpha value is -3.28. The summed E-state index contributed by atoms with van der Waals surface area (Å²) in [6.07, 6.45) is 0. The molecule has 0 saturated heterocycles. The minimum absolute atomic E-state index is 0.153. The maximum absolute atomic E-state index is 12.2. The van der Waals surface area contributed by atoms with Gasteiger partial charge >= 0.3 is 0 Å². The number of aromatic nitrogens is 4. The van der Waals surface area contributed by atoms with Crippen molar-refractivity contribution >= 4 is 33.8 Å². The van der Waals surface area contributed by atoms with Crippen LogP contribution in [0.4, 0.5) is 0 Å². The van der Waals surface area contributed by atoms with Crippen LogP contribution in [0, 0.1) is 0 Å². The van der Waals surface area contributed by atoms with Crippen LogP contribution in [0.25, 0.3) is 33.5 Å². The quantitative estimate of drug-likeness (QED) is 0.539. The summed E-state index contributed by atoms with van der Waals surface area (Å²) in [6.45, 7) is 2.94. The van der Waals surface area contributed by atoms with Crippen molar-refractivity contribution in [1.82, 2.24) is 19.3 Å². The Bertz CT molecular complexity index is 1120. The van der Waals surface area contributed by atoms with Gasteiger partial charge in [0.1, 0.15) is 5.69 Å². The fourth-order valence-corrected chi connectivity index (χ4v) is 2.98. The van der Waals surface area contributed by atoms with Crippen molar-refractivity contribution in [2.45, 2.75) is 13.8 Å². The topological polar surface area (TPSA) is 69.8 Å². The summed E-state index contributed by atoms with van der Waals surface area (Å²) in [5.41, 5.74) is 2.65. The predicted molar refractivity (Wildman–Crippen MR) is 91.1 cm³/mol. The molecule has 6 heteroatoms. The lowest BCUT2D eigenvalue weighted by Crippen LogP contribution is -2.09. The van der Waals surface area contributed by atoms with Crippen LogP contribution >= 0.6 is 0 Å². The molecule has 4 rings (SSSR count). The Balaban J connectivity index is 2.12. The number of hydrogen-bond donors (Lipinski definition) is 0. The number of rotatable bonds is 1. The predicted octanol–water partition coefficient (Wildman–Crippen LogP) is 3.37. The smallest absolute Gasteiger partial charge is 0.244 e. The molecule has 0 bridgehead atoms. The third-order valence-corrected chi connectivity index (χ3v) is 3.97. The van der Waals surface area contributed by atoms with Crippen molar-refractivity contribution in [3.8, 4) is 11.5 Å². The van der Waals surface area contributed by atoms with E-state index in [1.54, 1.807) is 0 Å². The lowest BCUT2D eigenvalue weighted by atomic mass is 10.2. The van der Waals surface area contributed by atoms with E-state index >= 15 is 0 Å². The van der Waals surface area contributed by atoms with E-state index in [1.807, 2.05) is 48.5 Å². The van der Waals surface area contributed by atoms with Gasteiger partial charge in [0.15, 0.2) is 5.82 Å². The van der Waals surface area contributed by atoms with Crippen molar-refractivity contribution in [2.75, 3.05) is 0 Å². The molecule has 0 radical (unpaired) electrons. The van der Waals surface area contributed by atoms with Gasteiger partial charge < -0.3 is 0 Å². The number of imidazole rings is 1. The molecule has 2 aromatic carbocycles. The van der Waals surface area contributed by atoms with Crippen molar-refractivity contribution < 1.29 is 9.59 Å². The van der Waals surface area contributed by atoms with Gasteiger partial charge in [-0.3, -0.25) is 14.2 Å². The highest BCUT2D eigenvalue weighted by Gasteiger charge is 2.22. The summed E-state index contributed by atoms with van der Waals surface area (Å²) in [5.74, 6) is 0.1000. The molecule has 0 spiro atoms. The lowest BCUT2D eigenvalue weighted by molar-refractivity contribution is 0.0925. The fraction of sp³-hybridized carbons (Fsp3) is 0.111. The van der Waals surface area contributed by atoms with E-state index in [0.717, 1.165) is 10.9 Å². The Morgan fingerprint density at radius 1 is 0.875 bits per heavy atom. The van der Waals surface area contributed by atoms with E-state index in [2.05, 4.69) is 10.1 Å². The lowest BCUT2D eigenvalue weighted by Gasteiger charge is -2.02. The van der Waals surface area contributed by atoms with Gasteiger partial charge in [-0.15, -0.1) is 0 Å². The highest BCUT2D eigenvalue weighted by molar-refractivity contribution is 6.01. The first kappa shape index (κ1) is 14.3. The number of carbonyl (C=O) groups is 2. The minimum atomic E-state index is -0.192. The Morgan fingerprint density at radius 3 is 2.25 bits per heavy atom. The molecule has 0 aliphatic carbocycles. The summed E-state index contributed by atoms with van der Waals surface area (Å²) in [4.78, 5) is 28.7. The largest absolute Gasteiger partial charge is 0.274 e. The van der Waals surface area contributed by atoms with E-state index in [1.165, 1.54) is 23.1 Å². The van der Waals surface area contributed by atoms with Crippen molar-refractivity contribution in [1.29, 1.82) is 0 Å². The van der Waals surface area contributed by atoms with Crippen LogP contribution in [0.3, 0.4) is 0 Å². The second-order valence-electron chi connectivity index (χ2n) is 5.58. The Morgan fingerprint density at radius 2 is 1.54 bits per heavy atom. The molecule has 6 nitrogen and oxygen atoms in total. The molecule has 24 heavy (non-hydrogen) atoms. The number of hydrogen-bond acceptors (Lipinski definition) is 4. The molecular weight excluding hydrogens is 304 g/mol. The summed E-state index contributed by atoms with van der Waals surface area (Å²) in [7, 11) is 0. The van der Waals surface area contributed by atoms with Crippen LogP contribution < -0.4 is 0 Å². The number of benzene rings is 2. The first-order chi connectivity index (χ1) is 11.6. The summed E-state index contributed by atoms with van der Waals surface area (Å²) in [5, 5.41) is 5.21. The van der Waals surface area contributed by atoms with E-state index in [0.29, 0.717) is 22.6 Å². The molecule has 0 fully saturated rings. The molecule has 0 N–H and O–H groups in total. The minimum Gasteiger partial charge on any atom is -0.274 e. The first-order valence-corrected chi connectivity index (χ1v) is 7.55. The average Bonchev–Trinajstić information content (AvgIpc) is 3.13. The number of carbonyl (C=O) groups excluding carboxylic acids is 2. The maximum Gasteiger partial charge on any atom is 0.244 e. The Kier molecular flexibility index (Phi) is 3.06. The molecule has 2 aromatic heterocycles. The molecule has 0 unspecified atom stereocenters. The molecule has 0 amide bonds. The molecule has 2 heterocycles. The van der Waals surface area contributed by atoms with Crippen molar-refractivity contribution in [3.05, 3.63) is 48.5 Å². The van der Waals surface area contributed by atoms with Gasteiger partial charge in [0.25, 0.3) is 0 Å². The SMILES string of the molecule is CC(=O)n1nc(-c2nc3ccccc3n2C(C)=O)c2ccccc21. The maximum atomic E-state index is 12.2. The normalized spacial score (nSPS) is 11.2. The van der Waals surface area contributed by atoms with E-state index in [9.17, 15) is 9.59 Å². The number of nitrogens with zero attached hydrogens (tertiary/aromatic N) is 4. The second-order valence-corrected chi connectivity index (χ2v) is 5.58. The van der Waals surface area contributed by atoms with Crippen LogP contribution in [0.2, 0.25) is 0 Å². The van der Waals surface area contributed by atoms with Gasteiger partial charge in [0, 0.05) is 19.2 Å². The monoisotopic (exact) mass is 318 g/mol. The standard InChI is InChI=1S/C18H14N4O2/c1-11(23)21-16-10-6-4-8-14(16)19-18(21)17-13-7-3-5-9-15(13)22(20-17)12(2)24/h3-10H,1-2H3. The zero-order valence-electron chi connectivity index (χ0n) is 13.2. The average molecular weight is 318 g/mol. The number of para-hydroxylation sites is 3. The van der Waals surface area contributed by atoms with Gasteiger partial charge in [-0.1, -0.05) is 30.3 Å². The highest BCUT2D eigenvalue weighted by Crippen LogP contribution is 2.30. The summed E-state index contributed by atoms with van der Waals surface area (Å²) >= 11 is 0. The zero-order valence-corrected chi connectivity index (χ0v) is 13.2. The van der Waals surface area contributed by atoms with Crippen LogP contribution in [-0.2, 0) is 0 Å². The zero-order chi connectivity index (χ0) is 16.8. The Labute approximate surface area is 137 Å². The third-order valence-electron chi connectivity index (χ3n) is 3.97. The molecule has 0 atom stereocenters. The summed E-state index contributed by atoms with van der Waals surface area (Å²) < 4.78 is 2.88. The van der Waals surface area contributed by atoms with E-state index < -0.39 is 0 Å². The van der Waals surface area contributed by atoms with Gasteiger partial charge in [-0.2, -0.15) is 9.78 Å². The van der Waals surface area contributed by atoms with Crippen LogP contribution in [0.5, 0.6) is 0 Å². The van der Waals surface area contributed by atoms with Crippen molar-refractivity contribution in [3.63, 3.8) is 0 Å². The van der Waals surface area contributed by atoms with E-state index in [4.69, 9.17) is 0 Å². The van der Waals surface area contributed by atoms with Gasteiger partial charge in [0.2, 0.25) is 11.8 Å². The van der Waals surface area contributed by atoms with Crippen LogP contribution in [-0.4, -0.2) is 31.1 Å². The van der Waals surface area contributed by atoms with E-state index in [-0.39, 0.29) is 11.8 Å². The number of fused-ring (bicyclic) bond motifs is 2. The van der Waals surface area contributed by atoms with Crippen LogP contribution in [0.1, 0.15) is 23.4 Å². The van der Waals surface area contributed by atoms with Crippen LogP contribution in [0.15, 0.2) is 48.5 Å². The van der Waals surface area contributed by atoms with Gasteiger partial charge in [-0.05, 0) is 18.2 Å². The molecule has 0 aliphatic rings. The van der Waals surface area contributed by atoms with Gasteiger partial charge in [0.05, 0.1) is 16.6 Å². The fourth-order valence-electron chi connectivity index (χ4n) is 2.98. The van der Waals surface area contributed by atoms with Gasteiger partial charge in [-0.25, -0.2) is 4.98 Å². The first-order valence-electron chi connectivity index (χ1n) is 7.55. The molecule has 0 aliphatic heterocycles. The molecule has 118 valence electrons. The second kappa shape index (κ2) is 5.13. The molecule has 0 saturated carbocycles. The highest BCUT2D eigenvalue weighted by atomic mass is 16.2. The third kappa shape index (κ3) is 1.96. The summed E-state index contributed by atoms with van der Waals surface area (Å²) in [6, 6.07) is 14.9.